The summed E-state index contributed by atoms with van der Waals surface area (Å²) < 4.78 is 7.01. The van der Waals surface area contributed by atoms with Crippen LogP contribution < -0.4 is 9.64 Å². The van der Waals surface area contributed by atoms with Gasteiger partial charge in [-0.3, -0.25) is 4.79 Å². The van der Waals surface area contributed by atoms with Crippen molar-refractivity contribution in [1.82, 2.24) is 19.7 Å². The number of aromatic nitrogens is 3. The summed E-state index contributed by atoms with van der Waals surface area (Å²) in [4.78, 5) is 22.5. The number of aromatic hydroxyl groups is 1. The molecule has 0 atom stereocenters. The zero-order chi connectivity index (χ0) is 26.8. The van der Waals surface area contributed by atoms with Crippen molar-refractivity contribution in [2.24, 2.45) is 0 Å². The number of carbonyl (C=O) groups is 1. The number of phenols is 1. The molecule has 8 nitrogen and oxygen atoms in total. The molecule has 2 aromatic heterocycles. The zero-order valence-electron chi connectivity index (χ0n) is 21.4. The van der Waals surface area contributed by atoms with E-state index in [0.717, 1.165) is 47.0 Å². The molecular weight excluding hydrogens is 510 g/mol. The first kappa shape index (κ1) is 24.7. The SMILES string of the molecule is COc1ccc(N2CCN(C(=O)c3cc(-c4ccccc4)n(-c4nc(-c5cccc(O)c5)cs4)n3)CC2)cc1. The lowest BCUT2D eigenvalue weighted by Crippen LogP contribution is -2.48. The third-order valence-corrected chi connectivity index (χ3v) is 7.63. The van der Waals surface area contributed by atoms with E-state index in [1.165, 1.54) is 11.3 Å². The summed E-state index contributed by atoms with van der Waals surface area (Å²) in [5.74, 6) is 0.919. The largest absolute Gasteiger partial charge is 0.508 e. The van der Waals surface area contributed by atoms with Gasteiger partial charge in [0, 0.05) is 48.4 Å². The number of nitrogens with zero attached hydrogens (tertiary/aromatic N) is 5. The minimum atomic E-state index is -0.0925. The molecule has 0 radical (unpaired) electrons. The van der Waals surface area contributed by atoms with E-state index in [9.17, 15) is 9.90 Å². The number of rotatable bonds is 6. The molecule has 1 saturated heterocycles. The van der Waals surface area contributed by atoms with Crippen molar-refractivity contribution < 1.29 is 14.6 Å². The Kier molecular flexibility index (Phi) is 6.73. The Morgan fingerprint density at radius 1 is 0.897 bits per heavy atom. The number of anilines is 1. The molecule has 1 fully saturated rings. The Labute approximate surface area is 230 Å². The molecule has 3 heterocycles. The first-order chi connectivity index (χ1) is 19.1. The minimum absolute atomic E-state index is 0.0925. The van der Waals surface area contributed by atoms with Gasteiger partial charge in [-0.05, 0) is 42.5 Å². The molecule has 9 heteroatoms. The van der Waals surface area contributed by atoms with E-state index in [-0.39, 0.29) is 11.7 Å². The van der Waals surface area contributed by atoms with Crippen molar-refractivity contribution in [1.29, 1.82) is 0 Å². The number of phenolic OH excluding ortho intramolecular Hbond substituents is 1. The molecule has 0 unspecified atom stereocenters. The van der Waals surface area contributed by atoms with E-state index in [2.05, 4.69) is 4.90 Å². The van der Waals surface area contributed by atoms with Crippen LogP contribution in [0.3, 0.4) is 0 Å². The zero-order valence-corrected chi connectivity index (χ0v) is 22.2. The van der Waals surface area contributed by atoms with Gasteiger partial charge in [-0.1, -0.05) is 42.5 Å². The number of hydrogen-bond acceptors (Lipinski definition) is 7. The van der Waals surface area contributed by atoms with Crippen molar-refractivity contribution in [3.05, 3.63) is 96.0 Å². The predicted molar refractivity (Wildman–Crippen MR) is 153 cm³/mol. The summed E-state index contributed by atoms with van der Waals surface area (Å²) in [6, 6.07) is 26.7. The maximum Gasteiger partial charge on any atom is 0.274 e. The molecule has 6 rings (SSSR count). The Hall–Kier alpha value is -4.63. The Morgan fingerprint density at radius 3 is 2.36 bits per heavy atom. The maximum absolute atomic E-state index is 13.6. The molecule has 0 spiro atoms. The predicted octanol–water partition coefficient (Wildman–Crippen LogP) is 5.34. The molecule has 1 aliphatic heterocycles. The van der Waals surface area contributed by atoms with Gasteiger partial charge < -0.3 is 19.6 Å². The van der Waals surface area contributed by atoms with Gasteiger partial charge in [-0.15, -0.1) is 11.3 Å². The minimum Gasteiger partial charge on any atom is -0.508 e. The van der Waals surface area contributed by atoms with Gasteiger partial charge in [0.05, 0.1) is 18.5 Å². The van der Waals surface area contributed by atoms with Crippen molar-refractivity contribution in [3.63, 3.8) is 0 Å². The lowest BCUT2D eigenvalue weighted by molar-refractivity contribution is 0.0740. The van der Waals surface area contributed by atoms with Crippen LogP contribution in [0.5, 0.6) is 11.5 Å². The highest BCUT2D eigenvalue weighted by molar-refractivity contribution is 7.12. The molecule has 1 N–H and O–H groups in total. The van der Waals surface area contributed by atoms with Crippen LogP contribution in [0.15, 0.2) is 90.3 Å². The lowest BCUT2D eigenvalue weighted by Gasteiger charge is -2.35. The number of benzene rings is 3. The van der Waals surface area contributed by atoms with Crippen LogP contribution in [0.1, 0.15) is 10.5 Å². The van der Waals surface area contributed by atoms with Crippen molar-refractivity contribution in [3.8, 4) is 39.1 Å². The summed E-state index contributed by atoms with van der Waals surface area (Å²) in [5, 5.41) is 17.2. The molecule has 0 aliphatic carbocycles. The van der Waals surface area contributed by atoms with Gasteiger partial charge >= 0.3 is 0 Å². The molecule has 39 heavy (non-hydrogen) atoms. The van der Waals surface area contributed by atoms with Gasteiger partial charge in [0.25, 0.3) is 5.91 Å². The Morgan fingerprint density at radius 2 is 1.64 bits per heavy atom. The third-order valence-electron chi connectivity index (χ3n) is 6.82. The van der Waals surface area contributed by atoms with Crippen molar-refractivity contribution >= 4 is 22.9 Å². The fourth-order valence-electron chi connectivity index (χ4n) is 4.73. The van der Waals surface area contributed by atoms with Crippen molar-refractivity contribution in [2.45, 2.75) is 0 Å². The van der Waals surface area contributed by atoms with E-state index in [1.807, 2.05) is 77.0 Å². The van der Waals surface area contributed by atoms with E-state index >= 15 is 0 Å². The standard InChI is InChI=1S/C30H27N5O3S/c1-38-25-12-10-23(11-13-25)33-14-16-34(17-15-33)29(37)26-19-28(21-6-3-2-4-7-21)35(32-26)30-31-27(20-39-30)22-8-5-9-24(36)18-22/h2-13,18-20,36H,14-17H2,1H3. The van der Waals surface area contributed by atoms with Crippen LogP contribution in [0, 0.1) is 0 Å². The molecule has 196 valence electrons. The normalized spacial score (nSPS) is 13.5. The van der Waals surface area contributed by atoms with Gasteiger partial charge in [-0.25, -0.2) is 9.67 Å². The summed E-state index contributed by atoms with van der Waals surface area (Å²) in [7, 11) is 1.66. The third kappa shape index (κ3) is 5.08. The average Bonchev–Trinajstić information content (AvgIpc) is 3.66. The smallest absolute Gasteiger partial charge is 0.274 e. The maximum atomic E-state index is 13.6. The number of thiazole rings is 1. The number of carbonyl (C=O) groups excluding carboxylic acids is 1. The molecule has 1 amide bonds. The average molecular weight is 538 g/mol. The van der Waals surface area contributed by atoms with Crippen LogP contribution >= 0.6 is 11.3 Å². The Bertz CT molecular complexity index is 1590. The van der Waals surface area contributed by atoms with Crippen LogP contribution in [-0.2, 0) is 0 Å². The van der Waals surface area contributed by atoms with E-state index in [1.54, 1.807) is 30.0 Å². The first-order valence-corrected chi connectivity index (χ1v) is 13.6. The fraction of sp³-hybridized carbons (Fsp3) is 0.167. The molecular formula is C30H27N5O3S. The van der Waals surface area contributed by atoms with Crippen LogP contribution in [0.25, 0.3) is 27.6 Å². The number of piperazine rings is 1. The summed E-state index contributed by atoms with van der Waals surface area (Å²) in [5.41, 5.74) is 4.81. The van der Waals surface area contributed by atoms with Crippen molar-refractivity contribution in [2.75, 3.05) is 38.2 Å². The van der Waals surface area contributed by atoms with E-state index in [0.29, 0.717) is 23.9 Å². The highest BCUT2D eigenvalue weighted by atomic mass is 32.1. The second-order valence-electron chi connectivity index (χ2n) is 9.24. The lowest BCUT2D eigenvalue weighted by atomic mass is 10.1. The highest BCUT2D eigenvalue weighted by Gasteiger charge is 2.26. The second-order valence-corrected chi connectivity index (χ2v) is 10.1. The number of amides is 1. The quantitative estimate of drug-likeness (QED) is 0.315. The number of methoxy groups -OCH3 is 1. The van der Waals surface area contributed by atoms with Gasteiger partial charge in [0.1, 0.15) is 11.5 Å². The summed E-state index contributed by atoms with van der Waals surface area (Å²) in [6.45, 7) is 2.70. The summed E-state index contributed by atoms with van der Waals surface area (Å²) >= 11 is 1.44. The van der Waals surface area contributed by atoms with Gasteiger partial charge in [0.15, 0.2) is 5.69 Å². The summed E-state index contributed by atoms with van der Waals surface area (Å²) in [6.07, 6.45) is 0. The van der Waals surface area contributed by atoms with E-state index < -0.39 is 0 Å². The molecule has 0 bridgehead atoms. The van der Waals surface area contributed by atoms with Gasteiger partial charge in [-0.2, -0.15) is 5.10 Å². The Balaban J connectivity index is 1.26. The second kappa shape index (κ2) is 10.6. The monoisotopic (exact) mass is 537 g/mol. The number of ether oxygens (including phenoxy) is 1. The fourth-order valence-corrected chi connectivity index (χ4v) is 5.52. The molecule has 0 saturated carbocycles. The molecule has 3 aromatic carbocycles. The molecule has 5 aromatic rings. The molecule has 1 aliphatic rings. The highest BCUT2D eigenvalue weighted by Crippen LogP contribution is 2.30. The van der Waals surface area contributed by atoms with Crippen LogP contribution in [0.2, 0.25) is 0 Å². The van der Waals surface area contributed by atoms with Gasteiger partial charge in [0.2, 0.25) is 5.13 Å². The van der Waals surface area contributed by atoms with E-state index in [4.69, 9.17) is 14.8 Å². The van der Waals surface area contributed by atoms with Crippen LogP contribution in [-0.4, -0.2) is 64.0 Å². The topological polar surface area (TPSA) is 83.7 Å². The number of hydrogen-bond donors (Lipinski definition) is 1. The first-order valence-electron chi connectivity index (χ1n) is 12.7. The van der Waals surface area contributed by atoms with Crippen LogP contribution in [0.4, 0.5) is 5.69 Å².